The smallest absolute Gasteiger partial charge is 0.305 e. The average Bonchev–Trinajstić information content (AvgIpc) is 2.26. The maximum absolute atomic E-state index is 11.3. The lowest BCUT2D eigenvalue weighted by molar-refractivity contribution is -0.144. The Labute approximate surface area is 109 Å². The van der Waals surface area contributed by atoms with Gasteiger partial charge in [0, 0.05) is 6.42 Å². The predicted molar refractivity (Wildman–Crippen MR) is 71.4 cm³/mol. The maximum Gasteiger partial charge on any atom is 0.305 e. The monoisotopic (exact) mass is 250 g/mol. The number of hydrogen-bond acceptors (Lipinski definition) is 3. The van der Waals surface area contributed by atoms with Gasteiger partial charge in [-0.3, -0.25) is 4.79 Å². The molecule has 1 aromatic rings. The zero-order valence-corrected chi connectivity index (χ0v) is 11.6. The number of benzene rings is 1. The van der Waals surface area contributed by atoms with E-state index in [-0.39, 0.29) is 12.4 Å². The first-order valence-corrected chi connectivity index (χ1v) is 6.32. The molecule has 0 aliphatic rings. The van der Waals surface area contributed by atoms with Gasteiger partial charge < -0.3 is 9.84 Å². The number of aryl methyl sites for hydroxylation is 2. The Hall–Kier alpha value is -1.35. The van der Waals surface area contributed by atoms with Gasteiger partial charge in [0.1, 0.15) is 0 Å². The molecule has 0 aliphatic heterocycles. The third kappa shape index (κ3) is 4.15. The van der Waals surface area contributed by atoms with Gasteiger partial charge in [-0.1, -0.05) is 29.3 Å². The molecule has 0 fully saturated rings. The van der Waals surface area contributed by atoms with Crippen LogP contribution in [0, 0.1) is 13.8 Å². The van der Waals surface area contributed by atoms with Crippen molar-refractivity contribution in [3.05, 3.63) is 34.9 Å². The van der Waals surface area contributed by atoms with Crippen LogP contribution in [0.25, 0.3) is 0 Å². The van der Waals surface area contributed by atoms with Crippen molar-refractivity contribution in [2.24, 2.45) is 0 Å². The second kappa shape index (κ2) is 6.01. The van der Waals surface area contributed by atoms with Crippen molar-refractivity contribution in [1.82, 2.24) is 0 Å². The van der Waals surface area contributed by atoms with Crippen molar-refractivity contribution < 1.29 is 14.6 Å². The fraction of sp³-hybridized carbons (Fsp3) is 0.533. The van der Waals surface area contributed by atoms with Gasteiger partial charge in [0.2, 0.25) is 0 Å². The normalized spacial score (nSPS) is 14.1. The summed E-state index contributed by atoms with van der Waals surface area (Å²) in [5.74, 6) is -0.262. The van der Waals surface area contributed by atoms with Crippen molar-refractivity contribution in [2.75, 3.05) is 6.61 Å². The van der Waals surface area contributed by atoms with Crippen LogP contribution >= 0.6 is 0 Å². The summed E-state index contributed by atoms with van der Waals surface area (Å²) in [6.07, 6.45) is 0.600. The molecule has 0 amide bonds. The van der Waals surface area contributed by atoms with E-state index in [4.69, 9.17) is 4.74 Å². The van der Waals surface area contributed by atoms with Crippen LogP contribution in [0.15, 0.2) is 18.2 Å². The highest BCUT2D eigenvalue weighted by molar-refractivity contribution is 5.69. The molecule has 100 valence electrons. The largest absolute Gasteiger partial charge is 0.466 e. The Morgan fingerprint density at radius 3 is 2.33 bits per heavy atom. The van der Waals surface area contributed by atoms with Crippen LogP contribution in [0.4, 0.5) is 0 Å². The minimum atomic E-state index is -0.996. The Morgan fingerprint density at radius 2 is 1.83 bits per heavy atom. The fourth-order valence-electron chi connectivity index (χ4n) is 2.01. The third-order valence-electron chi connectivity index (χ3n) is 2.96. The molecule has 1 N–H and O–H groups in total. The molecule has 0 heterocycles. The van der Waals surface area contributed by atoms with Crippen LogP contribution in [0.5, 0.6) is 0 Å². The molecule has 0 saturated carbocycles. The summed E-state index contributed by atoms with van der Waals surface area (Å²) < 4.78 is 4.87. The summed E-state index contributed by atoms with van der Waals surface area (Å²) in [7, 11) is 0. The van der Waals surface area contributed by atoms with E-state index in [0.29, 0.717) is 13.0 Å². The molecule has 0 aliphatic carbocycles. The molecule has 1 aromatic carbocycles. The first-order chi connectivity index (χ1) is 8.35. The molecule has 1 rings (SSSR count). The standard InChI is InChI=1S/C15H22O3/c1-5-18-14(16)6-7-15(4,17)13-9-11(2)8-12(3)10-13/h8-10,17H,5-7H2,1-4H3. The summed E-state index contributed by atoms with van der Waals surface area (Å²) in [6, 6.07) is 5.97. The molecule has 1 unspecified atom stereocenters. The van der Waals surface area contributed by atoms with E-state index >= 15 is 0 Å². The molecule has 3 nitrogen and oxygen atoms in total. The second-order valence-corrected chi connectivity index (χ2v) is 4.96. The van der Waals surface area contributed by atoms with Crippen LogP contribution in [0.1, 0.15) is 43.4 Å². The Balaban J connectivity index is 2.76. The SMILES string of the molecule is CCOC(=O)CCC(C)(O)c1cc(C)cc(C)c1. The molecule has 0 aromatic heterocycles. The van der Waals surface area contributed by atoms with Gasteiger partial charge in [0.05, 0.1) is 12.2 Å². The van der Waals surface area contributed by atoms with E-state index in [1.54, 1.807) is 13.8 Å². The number of carbonyl (C=O) groups excluding carboxylic acids is 1. The van der Waals surface area contributed by atoms with Gasteiger partial charge in [-0.15, -0.1) is 0 Å². The molecular formula is C15H22O3. The third-order valence-corrected chi connectivity index (χ3v) is 2.96. The topological polar surface area (TPSA) is 46.5 Å². The Kier molecular flexibility index (Phi) is 4.91. The lowest BCUT2D eigenvalue weighted by Gasteiger charge is -2.24. The number of esters is 1. The summed E-state index contributed by atoms with van der Waals surface area (Å²) in [5.41, 5.74) is 2.08. The molecule has 0 saturated heterocycles. The van der Waals surface area contributed by atoms with Crippen molar-refractivity contribution in [3.63, 3.8) is 0 Å². The molecular weight excluding hydrogens is 228 g/mol. The minimum Gasteiger partial charge on any atom is -0.466 e. The maximum atomic E-state index is 11.3. The zero-order chi connectivity index (χ0) is 13.8. The summed E-state index contributed by atoms with van der Waals surface area (Å²) in [5, 5.41) is 10.4. The van der Waals surface area contributed by atoms with Crippen molar-refractivity contribution >= 4 is 5.97 Å². The number of aliphatic hydroxyl groups is 1. The number of hydrogen-bond donors (Lipinski definition) is 1. The van der Waals surface area contributed by atoms with Gasteiger partial charge in [0.25, 0.3) is 0 Å². The van der Waals surface area contributed by atoms with E-state index in [0.717, 1.165) is 16.7 Å². The molecule has 1 atom stereocenters. The van der Waals surface area contributed by atoms with Crippen LogP contribution in [0.3, 0.4) is 0 Å². The number of carbonyl (C=O) groups is 1. The summed E-state index contributed by atoms with van der Waals surface area (Å²) in [6.45, 7) is 7.89. The van der Waals surface area contributed by atoms with E-state index < -0.39 is 5.60 Å². The van der Waals surface area contributed by atoms with E-state index in [2.05, 4.69) is 6.07 Å². The Morgan fingerprint density at radius 1 is 1.28 bits per heavy atom. The first-order valence-electron chi connectivity index (χ1n) is 6.32. The Bertz CT molecular complexity index is 401. The van der Waals surface area contributed by atoms with Crippen molar-refractivity contribution in [2.45, 2.75) is 46.1 Å². The van der Waals surface area contributed by atoms with Crippen LogP contribution in [-0.4, -0.2) is 17.7 Å². The van der Waals surface area contributed by atoms with Gasteiger partial charge in [0.15, 0.2) is 0 Å². The van der Waals surface area contributed by atoms with Crippen molar-refractivity contribution in [3.8, 4) is 0 Å². The zero-order valence-electron chi connectivity index (χ0n) is 11.6. The first kappa shape index (κ1) is 14.7. The van der Waals surface area contributed by atoms with Crippen molar-refractivity contribution in [1.29, 1.82) is 0 Å². The number of rotatable bonds is 5. The minimum absolute atomic E-state index is 0.230. The highest BCUT2D eigenvalue weighted by Crippen LogP contribution is 2.27. The van der Waals surface area contributed by atoms with E-state index in [1.165, 1.54) is 0 Å². The molecule has 0 radical (unpaired) electrons. The number of ether oxygens (including phenoxy) is 1. The fourth-order valence-corrected chi connectivity index (χ4v) is 2.01. The molecule has 18 heavy (non-hydrogen) atoms. The van der Waals surface area contributed by atoms with Crippen LogP contribution < -0.4 is 0 Å². The second-order valence-electron chi connectivity index (χ2n) is 4.96. The highest BCUT2D eigenvalue weighted by Gasteiger charge is 2.24. The highest BCUT2D eigenvalue weighted by atomic mass is 16.5. The summed E-state index contributed by atoms with van der Waals surface area (Å²) in [4.78, 5) is 11.3. The molecule has 0 bridgehead atoms. The lowest BCUT2D eigenvalue weighted by Crippen LogP contribution is -2.23. The predicted octanol–water partition coefficient (Wildman–Crippen LogP) is 2.85. The van der Waals surface area contributed by atoms with Gasteiger partial charge in [-0.05, 0) is 39.7 Å². The summed E-state index contributed by atoms with van der Waals surface area (Å²) >= 11 is 0. The van der Waals surface area contributed by atoms with Gasteiger partial charge in [-0.2, -0.15) is 0 Å². The molecule has 3 heteroatoms. The van der Waals surface area contributed by atoms with Gasteiger partial charge >= 0.3 is 5.97 Å². The van der Waals surface area contributed by atoms with Crippen LogP contribution in [-0.2, 0) is 15.1 Å². The van der Waals surface area contributed by atoms with E-state index in [1.807, 2.05) is 26.0 Å². The average molecular weight is 250 g/mol. The quantitative estimate of drug-likeness (QED) is 0.817. The lowest BCUT2D eigenvalue weighted by atomic mass is 9.89. The molecule has 0 spiro atoms. The van der Waals surface area contributed by atoms with E-state index in [9.17, 15) is 9.90 Å². The van der Waals surface area contributed by atoms with Crippen LogP contribution in [0.2, 0.25) is 0 Å². The van der Waals surface area contributed by atoms with Gasteiger partial charge in [-0.25, -0.2) is 0 Å².